The number of aromatic amines is 1. The molecule has 0 aliphatic heterocycles. The Balaban J connectivity index is 1.60. The van der Waals surface area contributed by atoms with Crippen LogP contribution in [0.15, 0.2) is 6.33 Å². The molecule has 1 fully saturated rings. The Morgan fingerprint density at radius 1 is 1.69 bits per heavy atom. The largest absolute Gasteiger partial charge is 0.356 e. The molecule has 1 heterocycles. The van der Waals surface area contributed by atoms with E-state index in [-0.39, 0.29) is 11.9 Å². The van der Waals surface area contributed by atoms with Crippen molar-refractivity contribution in [3.8, 4) is 0 Å². The molecule has 1 unspecified atom stereocenters. The number of H-pyrrole nitrogens is 1. The highest BCUT2D eigenvalue weighted by atomic mass is 16.1. The van der Waals surface area contributed by atoms with Crippen molar-refractivity contribution in [2.45, 2.75) is 31.7 Å². The van der Waals surface area contributed by atoms with Gasteiger partial charge in [0, 0.05) is 25.4 Å². The number of hydrogen-bond acceptors (Lipinski definition) is 4. The van der Waals surface area contributed by atoms with Gasteiger partial charge in [-0.2, -0.15) is 5.10 Å². The number of carbonyl (C=O) groups is 1. The van der Waals surface area contributed by atoms with Gasteiger partial charge in [-0.05, 0) is 18.8 Å². The minimum Gasteiger partial charge on any atom is -0.356 e. The van der Waals surface area contributed by atoms with Gasteiger partial charge in [0.1, 0.15) is 12.2 Å². The SMILES string of the molecule is NC(CC(=O)NCCc1ncn[nH]1)C1CC1. The molecule has 2 rings (SSSR count). The second-order valence-electron chi connectivity index (χ2n) is 4.24. The first-order valence-electron chi connectivity index (χ1n) is 5.62. The van der Waals surface area contributed by atoms with Crippen LogP contribution in [0.2, 0.25) is 0 Å². The van der Waals surface area contributed by atoms with Crippen molar-refractivity contribution >= 4 is 5.91 Å². The van der Waals surface area contributed by atoms with E-state index in [9.17, 15) is 4.79 Å². The van der Waals surface area contributed by atoms with Crippen molar-refractivity contribution < 1.29 is 4.79 Å². The molecule has 1 aliphatic carbocycles. The average Bonchev–Trinajstić information content (AvgIpc) is 2.98. The fraction of sp³-hybridized carbons (Fsp3) is 0.700. The molecular weight excluding hydrogens is 206 g/mol. The molecule has 16 heavy (non-hydrogen) atoms. The van der Waals surface area contributed by atoms with Crippen LogP contribution in [0.3, 0.4) is 0 Å². The highest BCUT2D eigenvalue weighted by Gasteiger charge is 2.29. The molecule has 1 saturated carbocycles. The average molecular weight is 223 g/mol. The number of aromatic nitrogens is 3. The first kappa shape index (κ1) is 11.1. The summed E-state index contributed by atoms with van der Waals surface area (Å²) >= 11 is 0. The molecule has 0 aromatic carbocycles. The summed E-state index contributed by atoms with van der Waals surface area (Å²) < 4.78 is 0. The van der Waals surface area contributed by atoms with Gasteiger partial charge in [0.25, 0.3) is 0 Å². The van der Waals surface area contributed by atoms with E-state index in [1.54, 1.807) is 0 Å². The van der Waals surface area contributed by atoms with Crippen molar-refractivity contribution in [3.05, 3.63) is 12.2 Å². The molecule has 0 saturated heterocycles. The quantitative estimate of drug-likeness (QED) is 0.610. The summed E-state index contributed by atoms with van der Waals surface area (Å²) in [6.45, 7) is 0.575. The number of hydrogen-bond donors (Lipinski definition) is 3. The number of nitrogens with one attached hydrogen (secondary N) is 2. The molecule has 6 nitrogen and oxygen atoms in total. The van der Waals surface area contributed by atoms with E-state index in [1.165, 1.54) is 19.2 Å². The molecule has 1 aliphatic rings. The van der Waals surface area contributed by atoms with Crippen LogP contribution in [0.4, 0.5) is 0 Å². The van der Waals surface area contributed by atoms with E-state index in [4.69, 9.17) is 5.73 Å². The van der Waals surface area contributed by atoms with Gasteiger partial charge in [-0.25, -0.2) is 4.98 Å². The van der Waals surface area contributed by atoms with Gasteiger partial charge in [-0.15, -0.1) is 0 Å². The molecule has 1 aromatic rings. The Hall–Kier alpha value is -1.43. The van der Waals surface area contributed by atoms with E-state index in [0.29, 0.717) is 25.3 Å². The predicted octanol–water partition coefficient (Wildman–Crippen LogP) is -0.409. The van der Waals surface area contributed by atoms with Gasteiger partial charge in [0.15, 0.2) is 0 Å². The smallest absolute Gasteiger partial charge is 0.221 e. The first-order valence-corrected chi connectivity index (χ1v) is 5.62. The van der Waals surface area contributed by atoms with Gasteiger partial charge in [-0.3, -0.25) is 9.89 Å². The van der Waals surface area contributed by atoms with Gasteiger partial charge >= 0.3 is 0 Å². The Morgan fingerprint density at radius 2 is 2.50 bits per heavy atom. The maximum atomic E-state index is 11.5. The molecule has 1 aromatic heterocycles. The number of rotatable bonds is 6. The van der Waals surface area contributed by atoms with Crippen LogP contribution < -0.4 is 11.1 Å². The van der Waals surface area contributed by atoms with Crippen molar-refractivity contribution in [1.29, 1.82) is 0 Å². The number of amides is 1. The fourth-order valence-electron chi connectivity index (χ4n) is 1.65. The van der Waals surface area contributed by atoms with Crippen LogP contribution in [0.5, 0.6) is 0 Å². The van der Waals surface area contributed by atoms with Crippen molar-refractivity contribution in [2.24, 2.45) is 11.7 Å². The van der Waals surface area contributed by atoms with Crippen molar-refractivity contribution in [2.75, 3.05) is 6.54 Å². The molecule has 0 spiro atoms. The highest BCUT2D eigenvalue weighted by Crippen LogP contribution is 2.32. The summed E-state index contributed by atoms with van der Waals surface area (Å²) in [6.07, 6.45) is 4.91. The molecule has 0 bridgehead atoms. The monoisotopic (exact) mass is 223 g/mol. The highest BCUT2D eigenvalue weighted by molar-refractivity contribution is 5.76. The third kappa shape index (κ3) is 3.30. The second kappa shape index (κ2) is 5.07. The van der Waals surface area contributed by atoms with Gasteiger partial charge < -0.3 is 11.1 Å². The van der Waals surface area contributed by atoms with Crippen LogP contribution in [-0.4, -0.2) is 33.7 Å². The molecular formula is C10H17N5O. The molecule has 88 valence electrons. The van der Waals surface area contributed by atoms with Gasteiger partial charge in [0.05, 0.1) is 0 Å². The third-order valence-corrected chi connectivity index (χ3v) is 2.80. The van der Waals surface area contributed by atoms with Gasteiger partial charge in [0.2, 0.25) is 5.91 Å². The van der Waals surface area contributed by atoms with Crippen LogP contribution in [0.1, 0.15) is 25.1 Å². The minimum atomic E-state index is 0.0268. The second-order valence-corrected chi connectivity index (χ2v) is 4.24. The zero-order valence-electron chi connectivity index (χ0n) is 9.15. The standard InChI is InChI=1S/C10H17N5O/c11-8(7-1-2-7)5-10(16)12-4-3-9-13-6-14-15-9/h6-8H,1-5,11H2,(H,12,16)(H,13,14,15). The summed E-state index contributed by atoms with van der Waals surface area (Å²) in [4.78, 5) is 15.4. The van der Waals surface area contributed by atoms with Gasteiger partial charge in [-0.1, -0.05) is 0 Å². The summed E-state index contributed by atoms with van der Waals surface area (Å²) in [5.41, 5.74) is 5.86. The fourth-order valence-corrected chi connectivity index (χ4v) is 1.65. The number of carbonyl (C=O) groups excluding carboxylic acids is 1. The lowest BCUT2D eigenvalue weighted by atomic mass is 10.1. The number of nitrogens with two attached hydrogens (primary N) is 1. The molecule has 1 amide bonds. The lowest BCUT2D eigenvalue weighted by Crippen LogP contribution is -2.34. The Morgan fingerprint density at radius 3 is 3.12 bits per heavy atom. The Kier molecular flexibility index (Phi) is 3.51. The molecule has 4 N–H and O–H groups in total. The molecule has 0 radical (unpaired) electrons. The number of nitrogens with zero attached hydrogens (tertiary/aromatic N) is 2. The topological polar surface area (TPSA) is 96.7 Å². The van der Waals surface area contributed by atoms with Crippen molar-refractivity contribution in [1.82, 2.24) is 20.5 Å². The minimum absolute atomic E-state index is 0.0268. The van der Waals surface area contributed by atoms with E-state index in [0.717, 1.165) is 5.82 Å². The van der Waals surface area contributed by atoms with Crippen LogP contribution in [0, 0.1) is 5.92 Å². The third-order valence-electron chi connectivity index (χ3n) is 2.80. The van der Waals surface area contributed by atoms with Crippen LogP contribution in [-0.2, 0) is 11.2 Å². The summed E-state index contributed by atoms with van der Waals surface area (Å²) in [6, 6.07) is 0.0327. The zero-order valence-corrected chi connectivity index (χ0v) is 9.15. The van der Waals surface area contributed by atoms with E-state index >= 15 is 0 Å². The van der Waals surface area contributed by atoms with Crippen LogP contribution in [0.25, 0.3) is 0 Å². The lowest BCUT2D eigenvalue weighted by Gasteiger charge is -2.09. The molecule has 6 heteroatoms. The summed E-state index contributed by atoms with van der Waals surface area (Å²) in [5, 5.41) is 9.30. The van der Waals surface area contributed by atoms with E-state index < -0.39 is 0 Å². The maximum Gasteiger partial charge on any atom is 0.221 e. The predicted molar refractivity (Wildman–Crippen MR) is 58.4 cm³/mol. The Bertz CT molecular complexity index is 333. The summed E-state index contributed by atoms with van der Waals surface area (Å²) in [5.74, 6) is 1.38. The van der Waals surface area contributed by atoms with Crippen molar-refractivity contribution in [3.63, 3.8) is 0 Å². The normalized spacial score (nSPS) is 17.1. The first-order chi connectivity index (χ1) is 7.75. The lowest BCUT2D eigenvalue weighted by molar-refractivity contribution is -0.121. The maximum absolute atomic E-state index is 11.5. The Labute approximate surface area is 94.0 Å². The summed E-state index contributed by atoms with van der Waals surface area (Å²) in [7, 11) is 0. The van der Waals surface area contributed by atoms with E-state index in [1.807, 2.05) is 0 Å². The zero-order chi connectivity index (χ0) is 11.4. The van der Waals surface area contributed by atoms with Crippen LogP contribution >= 0.6 is 0 Å². The molecule has 1 atom stereocenters. The van der Waals surface area contributed by atoms with E-state index in [2.05, 4.69) is 20.5 Å².